The van der Waals surface area contributed by atoms with E-state index in [1.54, 1.807) is 12.1 Å². The Morgan fingerprint density at radius 2 is 1.18 bits per heavy atom. The van der Waals surface area contributed by atoms with Crippen LogP contribution in [0.2, 0.25) is 0 Å². The lowest BCUT2D eigenvalue weighted by Gasteiger charge is -1.91. The fourth-order valence-electron chi connectivity index (χ4n) is 0.464. The molecule has 0 bridgehead atoms. The summed E-state index contributed by atoms with van der Waals surface area (Å²) in [5, 5.41) is 31.6. The first-order chi connectivity index (χ1) is 5.22. The Labute approximate surface area is 64.7 Å². The maximum Gasteiger partial charge on any atom is 0.432 e. The molecule has 1 aromatic carbocycles. The molecule has 0 fully saturated rings. The van der Waals surface area contributed by atoms with Crippen molar-refractivity contribution in [2.24, 2.45) is 0 Å². The lowest BCUT2D eigenvalue weighted by atomic mass is 10.3. The van der Waals surface area contributed by atoms with E-state index in [1.165, 1.54) is 12.1 Å². The van der Waals surface area contributed by atoms with E-state index in [9.17, 15) is 0 Å². The van der Waals surface area contributed by atoms with E-state index in [1.807, 2.05) is 0 Å². The van der Waals surface area contributed by atoms with Crippen molar-refractivity contribution in [1.29, 1.82) is 0 Å². The van der Waals surface area contributed by atoms with Crippen molar-refractivity contribution in [3.05, 3.63) is 24.3 Å². The van der Waals surface area contributed by atoms with Gasteiger partial charge in [-0.2, -0.15) is 0 Å². The Hall–Kier alpha value is -1.20. The summed E-state index contributed by atoms with van der Waals surface area (Å²) in [6.07, 6.45) is 0. The Morgan fingerprint density at radius 1 is 0.909 bits per heavy atom. The first-order valence-electron chi connectivity index (χ1n) is 2.91. The van der Waals surface area contributed by atoms with Gasteiger partial charge < -0.3 is 20.3 Å². The summed E-state index contributed by atoms with van der Waals surface area (Å²) >= 11 is 0. The number of hydrogen-bond acceptors (Lipinski definition) is 4. The van der Waals surface area contributed by atoms with Crippen LogP contribution in [0, 0.1) is 0 Å². The molecule has 1 rings (SSSR count). The van der Waals surface area contributed by atoms with Crippen LogP contribution in [0.4, 0.5) is 0 Å². The van der Waals surface area contributed by atoms with Gasteiger partial charge in [-0.1, -0.05) is 12.1 Å². The van der Waals surface area contributed by atoms with Gasteiger partial charge >= 0.3 is 7.69 Å². The van der Waals surface area contributed by atoms with Crippen molar-refractivity contribution in [1.82, 2.24) is 0 Å². The maximum atomic E-state index is 8.67. The lowest BCUT2D eigenvalue weighted by Crippen LogP contribution is -1.75. The molecule has 0 unspecified atom stereocenters. The summed E-state index contributed by atoms with van der Waals surface area (Å²) in [6, 6.07) is 6.15. The minimum absolute atomic E-state index is 0.0764. The summed E-state index contributed by atoms with van der Waals surface area (Å²) in [7, 11) is -0.750. The zero-order chi connectivity index (χ0) is 8.69. The summed E-state index contributed by atoms with van der Waals surface area (Å²) in [5.74, 6) is -0.153. The summed E-state index contributed by atoms with van der Waals surface area (Å²) in [5.41, 5.74) is 0. The van der Waals surface area contributed by atoms with E-state index >= 15 is 0 Å². The summed E-state index contributed by atoms with van der Waals surface area (Å²) < 4.78 is 0. The molecule has 0 aliphatic heterocycles. The van der Waals surface area contributed by atoms with Crippen LogP contribution in [-0.4, -0.2) is 27.9 Å². The van der Waals surface area contributed by atoms with Crippen molar-refractivity contribution in [3.8, 4) is 11.5 Å². The van der Waals surface area contributed by atoms with Crippen LogP contribution in [0.5, 0.6) is 11.5 Å². The third kappa shape index (κ3) is 4.24. The number of phenols is 2. The smallest absolute Gasteiger partial charge is 0.432 e. The van der Waals surface area contributed by atoms with Crippen LogP contribution >= 0.6 is 0 Å². The van der Waals surface area contributed by atoms with Crippen LogP contribution in [0.25, 0.3) is 0 Å². The van der Waals surface area contributed by atoms with Crippen LogP contribution in [0.1, 0.15) is 0 Å². The highest BCUT2D eigenvalue weighted by Crippen LogP contribution is 2.21. The van der Waals surface area contributed by atoms with E-state index in [-0.39, 0.29) is 11.5 Å². The van der Waals surface area contributed by atoms with Crippen molar-refractivity contribution < 1.29 is 20.3 Å². The third-order valence-electron chi connectivity index (χ3n) is 0.882. The third-order valence-corrected chi connectivity index (χ3v) is 0.882. The van der Waals surface area contributed by atoms with Crippen molar-refractivity contribution >= 4 is 7.69 Å². The van der Waals surface area contributed by atoms with E-state index in [0.717, 1.165) is 0 Å². The number of aromatic hydroxyl groups is 2. The summed E-state index contributed by atoms with van der Waals surface area (Å²) in [4.78, 5) is 0. The minimum Gasteiger partial charge on any atom is -0.504 e. The average molecular weight is 156 g/mol. The Kier molecular flexibility index (Phi) is 4.97. The van der Waals surface area contributed by atoms with Crippen molar-refractivity contribution in [2.45, 2.75) is 0 Å². The quantitative estimate of drug-likeness (QED) is 0.296. The second-order valence-corrected chi connectivity index (χ2v) is 1.63. The van der Waals surface area contributed by atoms with Crippen LogP contribution in [0.3, 0.4) is 0 Å². The van der Waals surface area contributed by atoms with Gasteiger partial charge in [-0.25, -0.2) is 0 Å². The molecule has 0 radical (unpaired) electrons. The molecule has 4 nitrogen and oxygen atoms in total. The maximum absolute atomic E-state index is 8.67. The number of para-hydroxylation sites is 2. The first kappa shape index (κ1) is 9.80. The molecular formula is C6H9BO4. The van der Waals surface area contributed by atoms with Crippen molar-refractivity contribution in [2.75, 3.05) is 0 Å². The molecular weight excluding hydrogens is 147 g/mol. The van der Waals surface area contributed by atoms with Gasteiger partial charge in [0.25, 0.3) is 0 Å². The molecule has 4 N–H and O–H groups in total. The number of hydrogen-bond donors (Lipinski definition) is 4. The van der Waals surface area contributed by atoms with Gasteiger partial charge in [-0.3, -0.25) is 0 Å². The summed E-state index contributed by atoms with van der Waals surface area (Å²) in [6.45, 7) is 0. The molecule has 0 amide bonds. The van der Waals surface area contributed by atoms with Crippen LogP contribution in [-0.2, 0) is 0 Å². The molecule has 0 saturated heterocycles. The fourth-order valence-corrected chi connectivity index (χ4v) is 0.464. The molecule has 0 saturated carbocycles. The van der Waals surface area contributed by atoms with E-state index in [0.29, 0.717) is 0 Å². The second kappa shape index (κ2) is 5.58. The molecule has 0 atom stereocenters. The normalized spacial score (nSPS) is 7.82. The predicted octanol–water partition coefficient (Wildman–Crippen LogP) is -0.665. The molecule has 1 aromatic rings. The Bertz CT molecular complexity index is 183. The zero-order valence-electron chi connectivity index (χ0n) is 5.81. The minimum atomic E-state index is -0.750. The highest BCUT2D eigenvalue weighted by Gasteiger charge is 1.90. The Balaban J connectivity index is 0.000000292. The topological polar surface area (TPSA) is 80.9 Å². The van der Waals surface area contributed by atoms with Crippen LogP contribution < -0.4 is 0 Å². The highest BCUT2D eigenvalue weighted by atomic mass is 16.4. The number of phenolic OH excluding ortho intramolecular Hbond substituents is 2. The standard InChI is InChI=1S/C6H6O2.BH3O2/c7-5-3-1-2-4-6(5)8;2-1-3/h1-4,7-8H;1-3H. The molecule has 0 heterocycles. The monoisotopic (exact) mass is 156 g/mol. The van der Waals surface area contributed by atoms with Crippen LogP contribution in [0.15, 0.2) is 24.3 Å². The SMILES string of the molecule is OBO.Oc1ccccc1O. The predicted molar refractivity (Wildman–Crippen MR) is 41.4 cm³/mol. The molecule has 60 valence electrons. The molecule has 0 aliphatic rings. The first-order valence-corrected chi connectivity index (χ1v) is 2.91. The second-order valence-electron chi connectivity index (χ2n) is 1.63. The van der Waals surface area contributed by atoms with E-state index in [2.05, 4.69) is 0 Å². The Morgan fingerprint density at radius 3 is 1.36 bits per heavy atom. The van der Waals surface area contributed by atoms with Gasteiger partial charge in [0.1, 0.15) is 0 Å². The van der Waals surface area contributed by atoms with Gasteiger partial charge in [-0.05, 0) is 12.1 Å². The number of benzene rings is 1. The fraction of sp³-hybridized carbons (Fsp3) is 0. The largest absolute Gasteiger partial charge is 0.504 e. The molecule has 5 heteroatoms. The molecule has 0 aliphatic carbocycles. The van der Waals surface area contributed by atoms with Gasteiger partial charge in [0.15, 0.2) is 11.5 Å². The molecule has 0 spiro atoms. The lowest BCUT2D eigenvalue weighted by molar-refractivity contribution is 0.404. The number of rotatable bonds is 0. The van der Waals surface area contributed by atoms with Crippen molar-refractivity contribution in [3.63, 3.8) is 0 Å². The zero-order valence-corrected chi connectivity index (χ0v) is 5.81. The van der Waals surface area contributed by atoms with E-state index < -0.39 is 7.69 Å². The van der Waals surface area contributed by atoms with Gasteiger partial charge in [0.2, 0.25) is 0 Å². The highest BCUT2D eigenvalue weighted by molar-refractivity contribution is 6.13. The van der Waals surface area contributed by atoms with Gasteiger partial charge in [0, 0.05) is 0 Å². The van der Waals surface area contributed by atoms with Gasteiger partial charge in [-0.15, -0.1) is 0 Å². The molecule has 0 aromatic heterocycles. The van der Waals surface area contributed by atoms with E-state index in [4.69, 9.17) is 20.3 Å². The average Bonchev–Trinajstić information content (AvgIpc) is 1.97. The van der Waals surface area contributed by atoms with Gasteiger partial charge in [0.05, 0.1) is 0 Å². The molecule has 11 heavy (non-hydrogen) atoms.